The quantitative estimate of drug-likeness (QED) is 0.667. The molecule has 0 atom stereocenters. The van der Waals surface area contributed by atoms with E-state index in [1.54, 1.807) is 0 Å². The number of piperidine rings is 1. The molecule has 7 heteroatoms. The van der Waals surface area contributed by atoms with E-state index in [0.29, 0.717) is 12.8 Å². The van der Waals surface area contributed by atoms with Gasteiger partial charge in [0.15, 0.2) is 0 Å². The average molecular weight is 310 g/mol. The van der Waals surface area contributed by atoms with Crippen LogP contribution in [-0.4, -0.2) is 89.7 Å². The number of hydrogen-bond acceptors (Lipinski definition) is 5. The topological polar surface area (TPSA) is 76.1 Å². The minimum Gasteiger partial charge on any atom is -0.395 e. The number of nitrogens with one attached hydrogen (secondary N) is 1. The highest BCUT2D eigenvalue weighted by Crippen LogP contribution is 2.29. The largest absolute Gasteiger partial charge is 0.395 e. The van der Waals surface area contributed by atoms with Crippen molar-refractivity contribution in [2.45, 2.75) is 31.2 Å². The molecule has 3 rings (SSSR count). The van der Waals surface area contributed by atoms with Gasteiger partial charge in [-0.05, 0) is 38.8 Å². The predicted octanol–water partition coefficient (Wildman–Crippen LogP) is -0.539. The van der Waals surface area contributed by atoms with Gasteiger partial charge in [0.1, 0.15) is 5.54 Å². The molecule has 0 aromatic carbocycles. The van der Waals surface area contributed by atoms with Crippen molar-refractivity contribution in [2.75, 3.05) is 52.4 Å². The number of carbonyl (C=O) groups excluding carboxylic acids is 2. The van der Waals surface area contributed by atoms with Crippen LogP contribution in [0.2, 0.25) is 0 Å². The summed E-state index contributed by atoms with van der Waals surface area (Å²) in [6, 6.07) is -0.357. The van der Waals surface area contributed by atoms with E-state index in [2.05, 4.69) is 15.1 Å². The third kappa shape index (κ3) is 2.98. The van der Waals surface area contributed by atoms with E-state index in [9.17, 15) is 9.59 Å². The monoisotopic (exact) mass is 310 g/mol. The molecule has 3 heterocycles. The summed E-state index contributed by atoms with van der Waals surface area (Å²) in [6.45, 7) is 6.15. The number of carbonyl (C=O) groups is 2. The lowest BCUT2D eigenvalue weighted by molar-refractivity contribution is -0.133. The van der Waals surface area contributed by atoms with Crippen molar-refractivity contribution in [2.24, 2.45) is 0 Å². The summed E-state index contributed by atoms with van der Waals surface area (Å²) in [5.41, 5.74) is -0.726. The molecular weight excluding hydrogens is 284 g/mol. The minimum absolute atomic E-state index is 0.0884. The summed E-state index contributed by atoms with van der Waals surface area (Å²) in [7, 11) is 0. The van der Waals surface area contributed by atoms with E-state index >= 15 is 0 Å². The normalized spacial score (nSPS) is 26.1. The van der Waals surface area contributed by atoms with Crippen molar-refractivity contribution in [3.63, 3.8) is 0 Å². The highest BCUT2D eigenvalue weighted by Gasteiger charge is 2.51. The molecule has 22 heavy (non-hydrogen) atoms. The first-order valence-electron chi connectivity index (χ1n) is 8.34. The van der Waals surface area contributed by atoms with Gasteiger partial charge in [-0.2, -0.15) is 0 Å². The van der Waals surface area contributed by atoms with Crippen molar-refractivity contribution in [1.82, 2.24) is 20.0 Å². The molecule has 1 spiro atoms. The van der Waals surface area contributed by atoms with Crippen LogP contribution in [-0.2, 0) is 4.79 Å². The Morgan fingerprint density at radius 1 is 0.955 bits per heavy atom. The molecule has 0 bridgehead atoms. The van der Waals surface area contributed by atoms with Crippen molar-refractivity contribution in [3.8, 4) is 0 Å². The summed E-state index contributed by atoms with van der Waals surface area (Å²) in [5, 5.41) is 11.8. The summed E-state index contributed by atoms with van der Waals surface area (Å²) in [4.78, 5) is 30.4. The van der Waals surface area contributed by atoms with E-state index in [-0.39, 0.29) is 25.1 Å². The first-order valence-corrected chi connectivity index (χ1v) is 8.34. The molecule has 3 saturated heterocycles. The van der Waals surface area contributed by atoms with Gasteiger partial charge < -0.3 is 20.2 Å². The van der Waals surface area contributed by atoms with E-state index in [1.807, 2.05) is 0 Å². The second-order valence-corrected chi connectivity index (χ2v) is 6.58. The van der Waals surface area contributed by atoms with Gasteiger partial charge in [-0.3, -0.25) is 9.69 Å². The van der Waals surface area contributed by atoms with Gasteiger partial charge in [0.25, 0.3) is 5.91 Å². The number of urea groups is 1. The van der Waals surface area contributed by atoms with Crippen LogP contribution in [0, 0.1) is 0 Å². The SMILES string of the molecule is O=C1NC2(CCN(CCN3CCCC3)CC2)C(=O)N1CCO. The summed E-state index contributed by atoms with van der Waals surface area (Å²) in [6.07, 6.45) is 3.95. The van der Waals surface area contributed by atoms with Gasteiger partial charge in [-0.15, -0.1) is 0 Å². The van der Waals surface area contributed by atoms with E-state index in [0.717, 1.165) is 31.1 Å². The molecule has 0 radical (unpaired) electrons. The maximum absolute atomic E-state index is 12.5. The third-order valence-corrected chi connectivity index (χ3v) is 5.21. The van der Waals surface area contributed by atoms with Crippen LogP contribution in [0.25, 0.3) is 0 Å². The van der Waals surface area contributed by atoms with Gasteiger partial charge >= 0.3 is 6.03 Å². The fraction of sp³-hybridized carbons (Fsp3) is 0.867. The molecule has 0 aromatic heterocycles. The fourth-order valence-electron chi connectivity index (χ4n) is 3.77. The Labute approximate surface area is 131 Å². The van der Waals surface area contributed by atoms with Crippen LogP contribution in [0.3, 0.4) is 0 Å². The molecule has 3 amide bonds. The van der Waals surface area contributed by atoms with Gasteiger partial charge in [-0.1, -0.05) is 0 Å². The first kappa shape index (κ1) is 15.7. The lowest BCUT2D eigenvalue weighted by Gasteiger charge is -2.37. The molecule has 124 valence electrons. The van der Waals surface area contributed by atoms with Crippen LogP contribution >= 0.6 is 0 Å². The molecule has 2 N–H and O–H groups in total. The minimum atomic E-state index is -0.726. The van der Waals surface area contributed by atoms with E-state index in [4.69, 9.17) is 5.11 Å². The predicted molar refractivity (Wildman–Crippen MR) is 81.4 cm³/mol. The van der Waals surface area contributed by atoms with E-state index < -0.39 is 5.54 Å². The molecule has 0 unspecified atom stereocenters. The van der Waals surface area contributed by atoms with Gasteiger partial charge in [0, 0.05) is 26.2 Å². The molecule has 7 nitrogen and oxygen atoms in total. The molecule has 0 aliphatic carbocycles. The molecule has 0 aromatic rings. The van der Waals surface area contributed by atoms with Gasteiger partial charge in [0.05, 0.1) is 13.2 Å². The molecule has 0 saturated carbocycles. The second kappa shape index (κ2) is 6.52. The zero-order valence-corrected chi connectivity index (χ0v) is 13.1. The number of rotatable bonds is 5. The molecule has 3 fully saturated rings. The maximum Gasteiger partial charge on any atom is 0.325 e. The van der Waals surface area contributed by atoms with Crippen LogP contribution < -0.4 is 5.32 Å². The summed E-state index contributed by atoms with van der Waals surface area (Å²) >= 11 is 0. The van der Waals surface area contributed by atoms with Crippen LogP contribution in [0.5, 0.6) is 0 Å². The Balaban J connectivity index is 1.50. The average Bonchev–Trinajstić information content (AvgIpc) is 3.11. The Bertz CT molecular complexity index is 429. The number of likely N-dealkylation sites (tertiary alicyclic amines) is 2. The standard InChI is InChI=1S/C15H26N4O3/c20-12-11-19-13(21)15(16-14(19)22)3-7-18(8-4-15)10-9-17-5-1-2-6-17/h20H,1-12H2,(H,16,22). The van der Waals surface area contributed by atoms with Crippen LogP contribution in [0.15, 0.2) is 0 Å². The van der Waals surface area contributed by atoms with E-state index in [1.165, 1.54) is 25.9 Å². The van der Waals surface area contributed by atoms with Crippen molar-refractivity contribution in [1.29, 1.82) is 0 Å². The van der Waals surface area contributed by atoms with Gasteiger partial charge in [-0.25, -0.2) is 4.79 Å². The number of aliphatic hydroxyl groups is 1. The summed E-state index contributed by atoms with van der Waals surface area (Å²) in [5.74, 6) is -0.161. The fourth-order valence-corrected chi connectivity index (χ4v) is 3.77. The number of β-amino-alcohol motifs (C(OH)–C–C–N with tert-alkyl or cyclic N) is 1. The van der Waals surface area contributed by atoms with Crippen molar-refractivity contribution in [3.05, 3.63) is 0 Å². The molecule has 3 aliphatic rings. The Kier molecular flexibility index (Phi) is 4.65. The lowest BCUT2D eigenvalue weighted by Crippen LogP contribution is -2.55. The van der Waals surface area contributed by atoms with Crippen molar-refractivity contribution >= 4 is 11.9 Å². The number of hydrogen-bond donors (Lipinski definition) is 2. The number of nitrogens with zero attached hydrogens (tertiary/aromatic N) is 3. The summed E-state index contributed by atoms with van der Waals surface area (Å²) < 4.78 is 0. The Morgan fingerprint density at radius 3 is 2.14 bits per heavy atom. The number of aliphatic hydroxyl groups excluding tert-OH is 1. The highest BCUT2D eigenvalue weighted by atomic mass is 16.3. The maximum atomic E-state index is 12.5. The van der Waals surface area contributed by atoms with Gasteiger partial charge in [0.2, 0.25) is 0 Å². The molecule has 3 aliphatic heterocycles. The number of imide groups is 1. The first-order chi connectivity index (χ1) is 10.6. The zero-order chi connectivity index (χ0) is 15.6. The van der Waals surface area contributed by atoms with Crippen molar-refractivity contribution < 1.29 is 14.7 Å². The highest BCUT2D eigenvalue weighted by molar-refractivity contribution is 6.07. The van der Waals surface area contributed by atoms with Crippen LogP contribution in [0.1, 0.15) is 25.7 Å². The van der Waals surface area contributed by atoms with Crippen LogP contribution in [0.4, 0.5) is 4.79 Å². The zero-order valence-electron chi connectivity index (χ0n) is 13.1. The Hall–Kier alpha value is -1.18. The Morgan fingerprint density at radius 2 is 1.55 bits per heavy atom. The smallest absolute Gasteiger partial charge is 0.325 e. The lowest BCUT2D eigenvalue weighted by atomic mass is 9.87. The molecular formula is C15H26N4O3. The third-order valence-electron chi connectivity index (χ3n) is 5.21. The second-order valence-electron chi connectivity index (χ2n) is 6.58. The number of amides is 3.